The van der Waals surface area contributed by atoms with Crippen molar-refractivity contribution >= 4 is 15.9 Å². The fourth-order valence-corrected chi connectivity index (χ4v) is 3.61. The molecular formula is C15H21BrN2O. The van der Waals surface area contributed by atoms with Gasteiger partial charge in [-0.15, -0.1) is 0 Å². The van der Waals surface area contributed by atoms with Crippen LogP contribution in [0.3, 0.4) is 0 Å². The highest BCUT2D eigenvalue weighted by Gasteiger charge is 2.42. The van der Waals surface area contributed by atoms with Gasteiger partial charge in [0.15, 0.2) is 0 Å². The van der Waals surface area contributed by atoms with E-state index < -0.39 is 0 Å². The Bertz CT molecular complexity index is 469. The molecule has 2 N–H and O–H groups in total. The molecule has 0 aromatic heterocycles. The average Bonchev–Trinajstić information content (AvgIpc) is 2.39. The summed E-state index contributed by atoms with van der Waals surface area (Å²) in [6.07, 6.45) is 3.11. The lowest BCUT2D eigenvalue weighted by Crippen LogP contribution is -2.51. The fourth-order valence-electron chi connectivity index (χ4n) is 3.27. The molecule has 0 unspecified atom stereocenters. The molecule has 2 heterocycles. The van der Waals surface area contributed by atoms with Crippen molar-refractivity contribution in [3.63, 3.8) is 0 Å². The zero-order valence-corrected chi connectivity index (χ0v) is 12.9. The van der Waals surface area contributed by atoms with Crippen molar-refractivity contribution in [1.29, 1.82) is 0 Å². The SMILES string of the molecule is CCN1CCC2(CC1)C[C@@H](N)c1ccc(Br)cc1O2. The molecule has 4 heteroatoms. The number of piperidine rings is 1. The summed E-state index contributed by atoms with van der Waals surface area (Å²) >= 11 is 3.51. The van der Waals surface area contributed by atoms with E-state index in [1.807, 2.05) is 6.07 Å². The van der Waals surface area contributed by atoms with Crippen LogP contribution in [0.1, 0.15) is 37.8 Å². The van der Waals surface area contributed by atoms with Crippen LogP contribution >= 0.6 is 15.9 Å². The largest absolute Gasteiger partial charge is 0.487 e. The Labute approximate surface area is 123 Å². The first-order chi connectivity index (χ1) is 9.12. The van der Waals surface area contributed by atoms with E-state index >= 15 is 0 Å². The summed E-state index contributed by atoms with van der Waals surface area (Å²) in [6.45, 7) is 5.58. The third-order valence-electron chi connectivity index (χ3n) is 4.51. The number of nitrogens with two attached hydrogens (primary N) is 1. The van der Waals surface area contributed by atoms with Crippen LogP contribution in [-0.2, 0) is 0 Å². The van der Waals surface area contributed by atoms with Gasteiger partial charge >= 0.3 is 0 Å². The molecular weight excluding hydrogens is 304 g/mol. The van der Waals surface area contributed by atoms with Crippen molar-refractivity contribution in [3.8, 4) is 5.75 Å². The molecule has 3 rings (SSSR count). The zero-order valence-electron chi connectivity index (χ0n) is 11.4. The molecule has 0 bridgehead atoms. The summed E-state index contributed by atoms with van der Waals surface area (Å²) in [5.41, 5.74) is 7.46. The van der Waals surface area contributed by atoms with Crippen LogP contribution in [0.2, 0.25) is 0 Å². The van der Waals surface area contributed by atoms with Gasteiger partial charge in [0.05, 0.1) is 0 Å². The predicted octanol–water partition coefficient (Wildman–Crippen LogP) is 3.09. The number of ether oxygens (including phenoxy) is 1. The molecule has 1 aromatic rings. The van der Waals surface area contributed by atoms with Gasteiger partial charge in [0.1, 0.15) is 11.4 Å². The normalized spacial score (nSPS) is 25.9. The Morgan fingerprint density at radius 2 is 2.16 bits per heavy atom. The van der Waals surface area contributed by atoms with Gasteiger partial charge in [-0.25, -0.2) is 0 Å². The molecule has 1 aromatic carbocycles. The third kappa shape index (κ3) is 2.54. The number of halogens is 1. The third-order valence-corrected chi connectivity index (χ3v) is 5.00. The van der Waals surface area contributed by atoms with Crippen LogP contribution in [0, 0.1) is 0 Å². The van der Waals surface area contributed by atoms with Crippen molar-refractivity contribution < 1.29 is 4.74 Å². The lowest BCUT2D eigenvalue weighted by Gasteiger charge is -2.46. The molecule has 0 amide bonds. The summed E-state index contributed by atoms with van der Waals surface area (Å²) in [6, 6.07) is 6.28. The lowest BCUT2D eigenvalue weighted by molar-refractivity contribution is -0.0205. The van der Waals surface area contributed by atoms with Gasteiger partial charge in [-0.2, -0.15) is 0 Å². The minimum Gasteiger partial charge on any atom is -0.487 e. The van der Waals surface area contributed by atoms with Gasteiger partial charge in [0.25, 0.3) is 0 Å². The van der Waals surface area contributed by atoms with Gasteiger partial charge in [-0.1, -0.05) is 28.9 Å². The van der Waals surface area contributed by atoms with Crippen molar-refractivity contribution in [1.82, 2.24) is 4.90 Å². The Kier molecular flexibility index (Phi) is 3.58. The quantitative estimate of drug-likeness (QED) is 0.862. The molecule has 1 spiro atoms. The standard InChI is InChI=1S/C15H21BrN2O/c1-2-18-7-5-15(6-8-18)10-13(17)12-4-3-11(16)9-14(12)19-15/h3-4,9,13H,2,5-8,10,17H2,1H3/t13-/m1/s1. The Balaban J connectivity index is 1.84. The molecule has 3 nitrogen and oxygen atoms in total. The monoisotopic (exact) mass is 324 g/mol. The van der Waals surface area contributed by atoms with E-state index in [-0.39, 0.29) is 11.6 Å². The average molecular weight is 325 g/mol. The minimum absolute atomic E-state index is 0.0428. The maximum absolute atomic E-state index is 6.37. The number of rotatable bonds is 1. The maximum atomic E-state index is 6.37. The molecule has 2 aliphatic rings. The van der Waals surface area contributed by atoms with Gasteiger partial charge in [0, 0.05) is 35.6 Å². The Hall–Kier alpha value is -0.580. The van der Waals surface area contributed by atoms with Crippen molar-refractivity contribution in [2.45, 2.75) is 37.8 Å². The van der Waals surface area contributed by atoms with E-state index in [0.29, 0.717) is 0 Å². The summed E-state index contributed by atoms with van der Waals surface area (Å²) < 4.78 is 7.42. The van der Waals surface area contributed by atoms with E-state index in [9.17, 15) is 0 Å². The topological polar surface area (TPSA) is 38.5 Å². The second kappa shape index (κ2) is 5.08. The number of likely N-dealkylation sites (tertiary alicyclic amines) is 1. The minimum atomic E-state index is -0.0428. The van der Waals surface area contributed by atoms with Crippen LogP contribution in [0.25, 0.3) is 0 Å². The van der Waals surface area contributed by atoms with E-state index in [1.165, 1.54) is 0 Å². The first-order valence-electron chi connectivity index (χ1n) is 7.08. The van der Waals surface area contributed by atoms with Crippen molar-refractivity contribution in [2.24, 2.45) is 5.73 Å². The summed E-state index contributed by atoms with van der Waals surface area (Å²) in [5, 5.41) is 0. The highest BCUT2D eigenvalue weighted by molar-refractivity contribution is 9.10. The van der Waals surface area contributed by atoms with Crippen LogP contribution in [-0.4, -0.2) is 30.1 Å². The number of fused-ring (bicyclic) bond motifs is 1. The predicted molar refractivity (Wildman–Crippen MR) is 80.4 cm³/mol. The van der Waals surface area contributed by atoms with Crippen molar-refractivity contribution in [3.05, 3.63) is 28.2 Å². The van der Waals surface area contributed by atoms with Crippen LogP contribution < -0.4 is 10.5 Å². The second-order valence-electron chi connectivity index (χ2n) is 5.71. The molecule has 1 fully saturated rings. The molecule has 19 heavy (non-hydrogen) atoms. The first kappa shape index (κ1) is 13.4. The van der Waals surface area contributed by atoms with E-state index in [1.54, 1.807) is 0 Å². The molecule has 0 radical (unpaired) electrons. The lowest BCUT2D eigenvalue weighted by atomic mass is 9.81. The number of hydrogen-bond donors (Lipinski definition) is 1. The van der Waals surface area contributed by atoms with Crippen molar-refractivity contribution in [2.75, 3.05) is 19.6 Å². The summed E-state index contributed by atoms with van der Waals surface area (Å²) in [5.74, 6) is 0.970. The van der Waals surface area contributed by atoms with Gasteiger partial charge < -0.3 is 15.4 Å². The molecule has 0 aliphatic carbocycles. The smallest absolute Gasteiger partial charge is 0.126 e. The molecule has 1 saturated heterocycles. The first-order valence-corrected chi connectivity index (χ1v) is 7.87. The summed E-state index contributed by atoms with van der Waals surface area (Å²) in [4.78, 5) is 2.48. The Morgan fingerprint density at radius 1 is 1.42 bits per heavy atom. The van der Waals surface area contributed by atoms with Gasteiger partial charge in [-0.3, -0.25) is 0 Å². The van der Waals surface area contributed by atoms with Crippen LogP contribution in [0.4, 0.5) is 0 Å². The summed E-state index contributed by atoms with van der Waals surface area (Å²) in [7, 11) is 0. The van der Waals surface area contributed by atoms with E-state index in [0.717, 1.165) is 54.7 Å². The van der Waals surface area contributed by atoms with Gasteiger partial charge in [0.2, 0.25) is 0 Å². The molecule has 104 valence electrons. The Morgan fingerprint density at radius 3 is 2.84 bits per heavy atom. The van der Waals surface area contributed by atoms with Gasteiger partial charge in [-0.05, 0) is 31.5 Å². The maximum Gasteiger partial charge on any atom is 0.126 e. The second-order valence-corrected chi connectivity index (χ2v) is 6.63. The highest BCUT2D eigenvalue weighted by atomic mass is 79.9. The van der Waals surface area contributed by atoms with Crippen LogP contribution in [0.5, 0.6) is 5.75 Å². The molecule has 2 aliphatic heterocycles. The zero-order chi connectivity index (χ0) is 13.5. The molecule has 1 atom stereocenters. The molecule has 0 saturated carbocycles. The van der Waals surface area contributed by atoms with E-state index in [4.69, 9.17) is 10.5 Å². The fraction of sp³-hybridized carbons (Fsp3) is 0.600. The highest BCUT2D eigenvalue weighted by Crippen LogP contribution is 2.44. The number of hydrogen-bond acceptors (Lipinski definition) is 3. The van der Waals surface area contributed by atoms with E-state index in [2.05, 4.69) is 39.9 Å². The number of nitrogens with zero attached hydrogens (tertiary/aromatic N) is 1. The van der Waals surface area contributed by atoms with Crippen LogP contribution in [0.15, 0.2) is 22.7 Å². The number of benzene rings is 1.